The van der Waals surface area contributed by atoms with Crippen LogP contribution in [0.25, 0.3) is 5.69 Å². The average Bonchev–Trinajstić information content (AvgIpc) is 3.32. The van der Waals surface area contributed by atoms with Crippen molar-refractivity contribution in [2.75, 3.05) is 13.1 Å². The fourth-order valence-electron chi connectivity index (χ4n) is 4.07. The number of likely N-dealkylation sites (tertiary alicyclic amines) is 1. The van der Waals surface area contributed by atoms with E-state index >= 15 is 0 Å². The van der Waals surface area contributed by atoms with Gasteiger partial charge in [0, 0.05) is 19.0 Å². The van der Waals surface area contributed by atoms with Crippen LogP contribution >= 0.6 is 0 Å². The lowest BCUT2D eigenvalue weighted by Crippen LogP contribution is -2.30. The van der Waals surface area contributed by atoms with E-state index in [0.29, 0.717) is 12.1 Å². The molecule has 148 valence electrons. The molecule has 1 fully saturated rings. The predicted octanol–water partition coefficient (Wildman–Crippen LogP) is 3.43. The van der Waals surface area contributed by atoms with Crippen molar-refractivity contribution in [2.45, 2.75) is 19.8 Å². The van der Waals surface area contributed by atoms with Crippen LogP contribution in [0.4, 0.5) is 0 Å². The van der Waals surface area contributed by atoms with Crippen molar-refractivity contribution in [1.29, 1.82) is 0 Å². The summed E-state index contributed by atoms with van der Waals surface area (Å²) in [4.78, 5) is 26.7. The first-order valence-corrected chi connectivity index (χ1v) is 9.64. The summed E-state index contributed by atoms with van der Waals surface area (Å²) in [5.41, 5.74) is 4.20. The number of hydrogen-bond donors (Lipinski definition) is 1. The molecule has 0 unspecified atom stereocenters. The van der Waals surface area contributed by atoms with Gasteiger partial charge in [-0.15, -0.1) is 0 Å². The number of aliphatic carboxylic acids is 1. The highest BCUT2D eigenvalue weighted by Gasteiger charge is 2.41. The van der Waals surface area contributed by atoms with E-state index in [2.05, 4.69) is 5.10 Å². The molecule has 29 heavy (non-hydrogen) atoms. The number of nitrogens with zero attached hydrogens (tertiary/aromatic N) is 3. The van der Waals surface area contributed by atoms with Gasteiger partial charge in [-0.25, -0.2) is 4.68 Å². The van der Waals surface area contributed by atoms with Gasteiger partial charge in [0.1, 0.15) is 0 Å². The second kappa shape index (κ2) is 7.54. The topological polar surface area (TPSA) is 75.4 Å². The third kappa shape index (κ3) is 3.53. The molecular weight excluding hydrogens is 366 g/mol. The Morgan fingerprint density at radius 2 is 1.79 bits per heavy atom. The van der Waals surface area contributed by atoms with Crippen LogP contribution in [-0.2, 0) is 4.79 Å². The van der Waals surface area contributed by atoms with Crippen molar-refractivity contribution in [1.82, 2.24) is 14.7 Å². The van der Waals surface area contributed by atoms with Crippen LogP contribution in [0.2, 0.25) is 0 Å². The molecule has 3 aromatic rings. The van der Waals surface area contributed by atoms with Crippen molar-refractivity contribution >= 4 is 11.9 Å². The van der Waals surface area contributed by atoms with Gasteiger partial charge in [-0.3, -0.25) is 9.59 Å². The Morgan fingerprint density at radius 1 is 1.03 bits per heavy atom. The average molecular weight is 389 g/mol. The van der Waals surface area contributed by atoms with Gasteiger partial charge in [0.15, 0.2) is 0 Å². The molecular formula is C23H23N3O3. The van der Waals surface area contributed by atoms with Crippen LogP contribution in [0, 0.1) is 19.8 Å². The zero-order chi connectivity index (χ0) is 20.5. The standard InChI is InChI=1S/C23H23N3O3/c1-15-7-6-10-18(11-15)26-16(2)19(12-24-26)22(27)25-13-20(21(14-25)23(28)29)17-8-4-3-5-9-17/h3-12,20-21H,13-14H2,1-2H3,(H,28,29)/t20-,21-/m0/s1. The molecule has 0 saturated carbocycles. The first-order chi connectivity index (χ1) is 14.0. The van der Waals surface area contributed by atoms with Crippen LogP contribution in [0.15, 0.2) is 60.8 Å². The molecule has 6 heteroatoms. The number of benzene rings is 2. The van der Waals surface area contributed by atoms with Crippen LogP contribution in [-0.4, -0.2) is 44.8 Å². The summed E-state index contributed by atoms with van der Waals surface area (Å²) in [5, 5.41) is 14.1. The highest BCUT2D eigenvalue weighted by molar-refractivity contribution is 5.96. The summed E-state index contributed by atoms with van der Waals surface area (Å²) in [6, 6.07) is 17.5. The van der Waals surface area contributed by atoms with Gasteiger partial charge in [-0.2, -0.15) is 5.10 Å². The Labute approximate surface area is 169 Å². The summed E-state index contributed by atoms with van der Waals surface area (Å²) < 4.78 is 1.75. The Morgan fingerprint density at radius 3 is 2.48 bits per heavy atom. The zero-order valence-corrected chi connectivity index (χ0v) is 16.4. The third-order valence-electron chi connectivity index (χ3n) is 5.64. The Balaban J connectivity index is 1.61. The second-order valence-corrected chi connectivity index (χ2v) is 7.57. The smallest absolute Gasteiger partial charge is 0.308 e. The number of carbonyl (C=O) groups excluding carboxylic acids is 1. The fourth-order valence-corrected chi connectivity index (χ4v) is 4.07. The molecule has 0 spiro atoms. The molecule has 0 bridgehead atoms. The maximum atomic E-state index is 13.2. The SMILES string of the molecule is Cc1cccc(-n2ncc(C(=O)N3C[C@H](C(=O)O)[C@H](c4ccccc4)C3)c2C)c1. The molecule has 1 aliphatic rings. The minimum Gasteiger partial charge on any atom is -0.481 e. The van der Waals surface area contributed by atoms with Gasteiger partial charge in [0.2, 0.25) is 0 Å². The maximum absolute atomic E-state index is 13.2. The van der Waals surface area contributed by atoms with Gasteiger partial charge in [0.05, 0.1) is 29.1 Å². The second-order valence-electron chi connectivity index (χ2n) is 7.57. The third-order valence-corrected chi connectivity index (χ3v) is 5.64. The number of rotatable bonds is 4. The highest BCUT2D eigenvalue weighted by Crippen LogP contribution is 2.34. The number of aromatic nitrogens is 2. The lowest BCUT2D eigenvalue weighted by molar-refractivity contribution is -0.141. The van der Waals surface area contributed by atoms with Crippen LogP contribution in [0.5, 0.6) is 0 Å². The molecule has 1 N–H and O–H groups in total. The number of carboxylic acids is 1. The summed E-state index contributed by atoms with van der Waals surface area (Å²) >= 11 is 0. The lowest BCUT2D eigenvalue weighted by Gasteiger charge is -2.16. The molecule has 2 heterocycles. The van der Waals surface area contributed by atoms with E-state index < -0.39 is 11.9 Å². The molecule has 1 amide bonds. The van der Waals surface area contributed by atoms with Crippen molar-refractivity contribution in [3.05, 3.63) is 83.2 Å². The number of aryl methyl sites for hydroxylation is 1. The van der Waals surface area contributed by atoms with Crippen molar-refractivity contribution in [3.63, 3.8) is 0 Å². The van der Waals surface area contributed by atoms with E-state index in [9.17, 15) is 14.7 Å². The van der Waals surface area contributed by atoms with E-state index in [1.807, 2.05) is 68.4 Å². The van der Waals surface area contributed by atoms with Crippen LogP contribution in [0.1, 0.15) is 33.1 Å². The predicted molar refractivity (Wildman–Crippen MR) is 109 cm³/mol. The Hall–Kier alpha value is -3.41. The first kappa shape index (κ1) is 18.9. The molecule has 0 aliphatic carbocycles. The van der Waals surface area contributed by atoms with E-state index in [4.69, 9.17) is 0 Å². The van der Waals surface area contributed by atoms with E-state index in [0.717, 1.165) is 22.5 Å². The maximum Gasteiger partial charge on any atom is 0.308 e. The zero-order valence-electron chi connectivity index (χ0n) is 16.4. The van der Waals surface area contributed by atoms with Crippen molar-refractivity contribution in [2.24, 2.45) is 5.92 Å². The normalized spacial score (nSPS) is 18.8. The van der Waals surface area contributed by atoms with Gasteiger partial charge in [-0.05, 0) is 37.1 Å². The molecule has 4 rings (SSSR count). The largest absolute Gasteiger partial charge is 0.481 e. The van der Waals surface area contributed by atoms with E-state index in [-0.39, 0.29) is 18.4 Å². The number of carbonyl (C=O) groups is 2. The Kier molecular flexibility index (Phi) is 4.92. The van der Waals surface area contributed by atoms with Crippen molar-refractivity contribution in [3.8, 4) is 5.69 Å². The molecule has 2 aromatic carbocycles. The minimum atomic E-state index is -0.874. The number of amides is 1. The Bertz CT molecular complexity index is 1060. The van der Waals surface area contributed by atoms with Gasteiger partial charge >= 0.3 is 5.97 Å². The lowest BCUT2D eigenvalue weighted by atomic mass is 9.89. The molecule has 1 aliphatic heterocycles. The summed E-state index contributed by atoms with van der Waals surface area (Å²) in [7, 11) is 0. The van der Waals surface area contributed by atoms with Crippen molar-refractivity contribution < 1.29 is 14.7 Å². The van der Waals surface area contributed by atoms with Gasteiger partial charge in [0.25, 0.3) is 5.91 Å². The van der Waals surface area contributed by atoms with Gasteiger partial charge in [-0.1, -0.05) is 42.5 Å². The number of carboxylic acid groups (broad SMARTS) is 1. The summed E-state index contributed by atoms with van der Waals surface area (Å²) in [5.74, 6) is -1.88. The molecule has 1 aromatic heterocycles. The van der Waals surface area contributed by atoms with Crippen LogP contribution < -0.4 is 0 Å². The van der Waals surface area contributed by atoms with Gasteiger partial charge < -0.3 is 10.0 Å². The van der Waals surface area contributed by atoms with E-state index in [1.54, 1.807) is 15.8 Å². The number of hydrogen-bond acceptors (Lipinski definition) is 3. The van der Waals surface area contributed by atoms with Crippen LogP contribution in [0.3, 0.4) is 0 Å². The summed E-state index contributed by atoms with van der Waals surface area (Å²) in [6.45, 7) is 4.45. The highest BCUT2D eigenvalue weighted by atomic mass is 16.4. The summed E-state index contributed by atoms with van der Waals surface area (Å²) in [6.07, 6.45) is 1.58. The monoisotopic (exact) mass is 389 g/mol. The molecule has 2 atom stereocenters. The quantitative estimate of drug-likeness (QED) is 0.742. The van der Waals surface area contributed by atoms with E-state index in [1.165, 1.54) is 0 Å². The fraction of sp³-hybridized carbons (Fsp3) is 0.261. The molecule has 6 nitrogen and oxygen atoms in total. The molecule has 0 radical (unpaired) electrons. The first-order valence-electron chi connectivity index (χ1n) is 9.64. The minimum absolute atomic E-state index is 0.175. The molecule has 1 saturated heterocycles.